The molecule has 0 saturated carbocycles. The van der Waals surface area contributed by atoms with Crippen molar-refractivity contribution in [3.63, 3.8) is 0 Å². The molecule has 3 nitrogen and oxygen atoms in total. The number of rotatable bonds is 2. The van der Waals surface area contributed by atoms with Gasteiger partial charge in [-0.2, -0.15) is 5.10 Å². The number of nitrogens with zero attached hydrogens (tertiary/aromatic N) is 2. The molecule has 2 aliphatic heterocycles. The van der Waals surface area contributed by atoms with Gasteiger partial charge in [-0.3, -0.25) is 0 Å². The first-order valence-electron chi connectivity index (χ1n) is 8.11. The molecular formula is C19H18Cl2N2O. The Morgan fingerprint density at radius 3 is 2.50 bits per heavy atom. The van der Waals surface area contributed by atoms with Gasteiger partial charge < -0.3 is 4.74 Å². The maximum Gasteiger partial charge on any atom is 0.190 e. The monoisotopic (exact) mass is 360 g/mol. The van der Waals surface area contributed by atoms with Crippen LogP contribution in [0.15, 0.2) is 47.6 Å². The molecule has 0 fully saturated rings. The first kappa shape index (κ1) is 15.8. The van der Waals surface area contributed by atoms with E-state index in [4.69, 9.17) is 33.0 Å². The van der Waals surface area contributed by atoms with Crippen molar-refractivity contribution in [2.24, 2.45) is 11.0 Å². The quantitative estimate of drug-likeness (QED) is 0.704. The van der Waals surface area contributed by atoms with Gasteiger partial charge in [0.1, 0.15) is 5.75 Å². The minimum absolute atomic E-state index is 0.0755. The van der Waals surface area contributed by atoms with Gasteiger partial charge in [0, 0.05) is 27.9 Å². The molecule has 0 spiro atoms. The van der Waals surface area contributed by atoms with E-state index in [0.29, 0.717) is 5.92 Å². The lowest BCUT2D eigenvalue weighted by molar-refractivity contribution is -0.0461. The second-order valence-electron chi connectivity index (χ2n) is 6.59. The first-order valence-corrected chi connectivity index (χ1v) is 8.86. The highest BCUT2D eigenvalue weighted by molar-refractivity contribution is 6.31. The maximum absolute atomic E-state index is 6.21. The smallest absolute Gasteiger partial charge is 0.190 e. The molecule has 0 N–H and O–H groups in total. The third-order valence-electron chi connectivity index (χ3n) is 4.53. The van der Waals surface area contributed by atoms with Gasteiger partial charge in [-0.15, -0.1) is 0 Å². The molecule has 4 rings (SSSR count). The van der Waals surface area contributed by atoms with E-state index in [1.165, 1.54) is 0 Å². The van der Waals surface area contributed by atoms with Gasteiger partial charge in [0.2, 0.25) is 0 Å². The highest BCUT2D eigenvalue weighted by Crippen LogP contribution is 2.45. The van der Waals surface area contributed by atoms with E-state index in [9.17, 15) is 0 Å². The first-order chi connectivity index (χ1) is 11.5. The lowest BCUT2D eigenvalue weighted by atomic mass is 9.95. The lowest BCUT2D eigenvalue weighted by Crippen LogP contribution is -2.43. The second-order valence-corrected chi connectivity index (χ2v) is 7.46. The predicted octanol–water partition coefficient (Wildman–Crippen LogP) is 5.52. The highest BCUT2D eigenvalue weighted by atomic mass is 35.5. The molecule has 5 heteroatoms. The van der Waals surface area contributed by atoms with Gasteiger partial charge in [-0.1, -0.05) is 49.2 Å². The summed E-state index contributed by atoms with van der Waals surface area (Å²) in [7, 11) is 0. The molecule has 0 radical (unpaired) electrons. The lowest BCUT2D eigenvalue weighted by Gasteiger charge is -2.40. The molecule has 24 heavy (non-hydrogen) atoms. The van der Waals surface area contributed by atoms with Crippen molar-refractivity contribution >= 4 is 28.9 Å². The van der Waals surface area contributed by atoms with E-state index in [2.05, 4.69) is 18.9 Å². The molecule has 0 unspecified atom stereocenters. The molecule has 2 aromatic carbocycles. The maximum atomic E-state index is 6.21. The van der Waals surface area contributed by atoms with E-state index < -0.39 is 0 Å². The molecule has 0 saturated heterocycles. The molecule has 2 heterocycles. The van der Waals surface area contributed by atoms with Crippen LogP contribution in [-0.4, -0.2) is 16.9 Å². The third kappa shape index (κ3) is 2.66. The minimum atomic E-state index is -0.0755. The molecule has 124 valence electrons. The molecular weight excluding hydrogens is 343 g/mol. The Labute approximate surface area is 151 Å². The van der Waals surface area contributed by atoms with Gasteiger partial charge in [0.25, 0.3) is 0 Å². The van der Waals surface area contributed by atoms with Crippen LogP contribution in [0.2, 0.25) is 10.0 Å². The topological polar surface area (TPSA) is 24.8 Å². The zero-order chi connectivity index (χ0) is 16.8. The minimum Gasteiger partial charge on any atom is -0.468 e. The zero-order valence-corrected chi connectivity index (χ0v) is 15.1. The van der Waals surface area contributed by atoms with Crippen LogP contribution >= 0.6 is 23.2 Å². The molecule has 0 aromatic heterocycles. The Bertz CT molecular complexity index is 802. The van der Waals surface area contributed by atoms with E-state index in [1.54, 1.807) is 0 Å². The highest BCUT2D eigenvalue weighted by Gasteiger charge is 2.41. The van der Waals surface area contributed by atoms with Crippen molar-refractivity contribution in [1.82, 2.24) is 5.01 Å². The van der Waals surface area contributed by atoms with Crippen molar-refractivity contribution in [3.8, 4) is 5.75 Å². The Morgan fingerprint density at radius 1 is 1.08 bits per heavy atom. The van der Waals surface area contributed by atoms with Crippen LogP contribution in [0.4, 0.5) is 0 Å². The van der Waals surface area contributed by atoms with Crippen LogP contribution in [-0.2, 0) is 0 Å². The van der Waals surface area contributed by atoms with Gasteiger partial charge in [-0.05, 0) is 35.9 Å². The summed E-state index contributed by atoms with van der Waals surface area (Å²) in [5.41, 5.74) is 3.26. The standard InChI is InChI=1S/C19H18Cl2N2O/c1-11(2)19-23-17(15-9-14(21)7-8-18(15)24-19)10-16(22-23)12-3-5-13(20)6-4-12/h3-9,11,17,19H,10H2,1-2H3/t17-,19-/m1/s1. The number of benzene rings is 2. The summed E-state index contributed by atoms with van der Waals surface area (Å²) in [4.78, 5) is 0. The van der Waals surface area contributed by atoms with Crippen LogP contribution in [0.1, 0.15) is 37.4 Å². The van der Waals surface area contributed by atoms with Crippen molar-refractivity contribution in [3.05, 3.63) is 63.6 Å². The van der Waals surface area contributed by atoms with E-state index in [-0.39, 0.29) is 12.3 Å². The number of hydrogen-bond acceptors (Lipinski definition) is 3. The van der Waals surface area contributed by atoms with Crippen molar-refractivity contribution in [1.29, 1.82) is 0 Å². The Hall–Kier alpha value is -1.71. The molecule has 2 aliphatic rings. The fraction of sp³-hybridized carbons (Fsp3) is 0.316. The van der Waals surface area contributed by atoms with Gasteiger partial charge in [0.05, 0.1) is 11.8 Å². The van der Waals surface area contributed by atoms with Crippen LogP contribution < -0.4 is 4.74 Å². The molecule has 2 atom stereocenters. The second kappa shape index (κ2) is 5.98. The Balaban J connectivity index is 1.75. The van der Waals surface area contributed by atoms with Crippen molar-refractivity contribution in [2.45, 2.75) is 32.5 Å². The number of hydrazone groups is 1. The zero-order valence-electron chi connectivity index (χ0n) is 13.5. The van der Waals surface area contributed by atoms with Crippen molar-refractivity contribution in [2.75, 3.05) is 0 Å². The molecule has 0 amide bonds. The normalized spacial score (nSPS) is 22.0. The Kier molecular flexibility index (Phi) is 3.93. The summed E-state index contributed by atoms with van der Waals surface area (Å²) in [5.74, 6) is 1.23. The molecule has 0 bridgehead atoms. The summed E-state index contributed by atoms with van der Waals surface area (Å²) < 4.78 is 6.20. The predicted molar refractivity (Wildman–Crippen MR) is 97.9 cm³/mol. The van der Waals surface area contributed by atoms with Crippen LogP contribution in [0.3, 0.4) is 0 Å². The van der Waals surface area contributed by atoms with Crippen molar-refractivity contribution < 1.29 is 4.74 Å². The molecule has 0 aliphatic carbocycles. The average molecular weight is 361 g/mol. The Morgan fingerprint density at radius 2 is 1.79 bits per heavy atom. The summed E-state index contributed by atoms with van der Waals surface area (Å²) in [5, 5.41) is 8.43. The fourth-order valence-corrected chi connectivity index (χ4v) is 3.65. The van der Waals surface area contributed by atoms with E-state index in [1.807, 2.05) is 42.5 Å². The summed E-state index contributed by atoms with van der Waals surface area (Å²) in [6, 6.07) is 13.8. The number of fused-ring (bicyclic) bond motifs is 3. The van der Waals surface area contributed by atoms with E-state index >= 15 is 0 Å². The largest absolute Gasteiger partial charge is 0.468 e. The summed E-state index contributed by atoms with van der Waals surface area (Å²) in [6.07, 6.45) is 0.759. The van der Waals surface area contributed by atoms with Crippen LogP contribution in [0.25, 0.3) is 0 Å². The van der Waals surface area contributed by atoms with Gasteiger partial charge in [0.15, 0.2) is 6.23 Å². The summed E-state index contributed by atoms with van der Waals surface area (Å²) >= 11 is 12.2. The molecule has 2 aromatic rings. The number of hydrogen-bond donors (Lipinski definition) is 0. The average Bonchev–Trinajstić information content (AvgIpc) is 3.00. The number of ether oxygens (including phenoxy) is 1. The van der Waals surface area contributed by atoms with Gasteiger partial charge in [-0.25, -0.2) is 5.01 Å². The van der Waals surface area contributed by atoms with Crippen LogP contribution in [0.5, 0.6) is 5.75 Å². The summed E-state index contributed by atoms with van der Waals surface area (Å²) in [6.45, 7) is 4.30. The fourth-order valence-electron chi connectivity index (χ4n) is 3.34. The van der Waals surface area contributed by atoms with Gasteiger partial charge >= 0.3 is 0 Å². The van der Waals surface area contributed by atoms with Crippen LogP contribution in [0, 0.1) is 5.92 Å². The number of halogens is 2. The van der Waals surface area contributed by atoms with E-state index in [0.717, 1.165) is 39.1 Å². The third-order valence-corrected chi connectivity index (χ3v) is 5.02. The SMILES string of the molecule is CC(C)[C@H]1Oc2ccc(Cl)cc2[C@H]2CC(c3ccc(Cl)cc3)=NN21.